The van der Waals surface area contributed by atoms with Crippen LogP contribution in [0.3, 0.4) is 0 Å². The quantitative estimate of drug-likeness (QED) is 0.470. The van der Waals surface area contributed by atoms with Crippen LogP contribution in [0.4, 0.5) is 5.69 Å². The SMILES string of the molecule is CC(C)NCCOc1cc(C(=O)N(C)C)ccc1[N+](=O)[O-]. The van der Waals surface area contributed by atoms with Crippen molar-refractivity contribution in [1.29, 1.82) is 0 Å². The number of nitro benzene ring substituents is 1. The minimum atomic E-state index is -0.519. The van der Waals surface area contributed by atoms with Crippen LogP contribution in [0.2, 0.25) is 0 Å². The Hall–Kier alpha value is -2.15. The van der Waals surface area contributed by atoms with Crippen molar-refractivity contribution in [1.82, 2.24) is 10.2 Å². The summed E-state index contributed by atoms with van der Waals surface area (Å²) in [6.07, 6.45) is 0. The molecular formula is C14H21N3O4. The molecular weight excluding hydrogens is 274 g/mol. The number of carbonyl (C=O) groups excluding carboxylic acids is 1. The third-order valence-corrected chi connectivity index (χ3v) is 2.72. The highest BCUT2D eigenvalue weighted by Gasteiger charge is 2.18. The summed E-state index contributed by atoms with van der Waals surface area (Å²) in [6, 6.07) is 4.45. The summed E-state index contributed by atoms with van der Waals surface area (Å²) in [5.74, 6) is -0.117. The maximum absolute atomic E-state index is 11.9. The molecule has 0 unspecified atom stereocenters. The van der Waals surface area contributed by atoms with Crippen molar-refractivity contribution in [2.75, 3.05) is 27.2 Å². The lowest BCUT2D eigenvalue weighted by atomic mass is 10.1. The third-order valence-electron chi connectivity index (χ3n) is 2.72. The number of nitrogens with one attached hydrogen (secondary N) is 1. The number of carbonyl (C=O) groups is 1. The van der Waals surface area contributed by atoms with Gasteiger partial charge in [0.05, 0.1) is 4.92 Å². The molecule has 1 rings (SSSR count). The topological polar surface area (TPSA) is 84.7 Å². The number of nitrogens with zero attached hydrogens (tertiary/aromatic N) is 2. The Bertz CT molecular complexity index is 515. The van der Waals surface area contributed by atoms with Gasteiger partial charge in [-0.2, -0.15) is 0 Å². The molecule has 116 valence electrons. The van der Waals surface area contributed by atoms with Gasteiger partial charge in [0.2, 0.25) is 0 Å². The average Bonchev–Trinajstić information content (AvgIpc) is 2.42. The lowest BCUT2D eigenvalue weighted by Gasteiger charge is -2.13. The van der Waals surface area contributed by atoms with Crippen molar-refractivity contribution < 1.29 is 14.5 Å². The van der Waals surface area contributed by atoms with Crippen molar-refractivity contribution in [3.05, 3.63) is 33.9 Å². The summed E-state index contributed by atoms with van der Waals surface area (Å²) in [5, 5.41) is 14.1. The van der Waals surface area contributed by atoms with Crippen LogP contribution in [-0.2, 0) is 0 Å². The highest BCUT2D eigenvalue weighted by Crippen LogP contribution is 2.28. The van der Waals surface area contributed by atoms with Gasteiger partial charge in [-0.3, -0.25) is 14.9 Å². The lowest BCUT2D eigenvalue weighted by molar-refractivity contribution is -0.385. The van der Waals surface area contributed by atoms with Gasteiger partial charge in [0.1, 0.15) is 6.61 Å². The first-order valence-corrected chi connectivity index (χ1v) is 6.69. The zero-order valence-electron chi connectivity index (χ0n) is 12.8. The zero-order valence-corrected chi connectivity index (χ0v) is 12.8. The van der Waals surface area contributed by atoms with Crippen molar-refractivity contribution in [2.24, 2.45) is 0 Å². The summed E-state index contributed by atoms with van der Waals surface area (Å²) in [7, 11) is 3.24. The van der Waals surface area contributed by atoms with Crippen LogP contribution in [0.1, 0.15) is 24.2 Å². The van der Waals surface area contributed by atoms with E-state index in [0.29, 0.717) is 24.8 Å². The van der Waals surface area contributed by atoms with Gasteiger partial charge in [0.25, 0.3) is 5.91 Å². The Morgan fingerprint density at radius 2 is 2.10 bits per heavy atom. The second kappa shape index (κ2) is 7.58. The fourth-order valence-corrected chi connectivity index (χ4v) is 1.68. The molecule has 0 radical (unpaired) electrons. The predicted molar refractivity (Wildman–Crippen MR) is 79.7 cm³/mol. The van der Waals surface area contributed by atoms with Crippen molar-refractivity contribution >= 4 is 11.6 Å². The van der Waals surface area contributed by atoms with Gasteiger partial charge >= 0.3 is 5.69 Å². The van der Waals surface area contributed by atoms with Gasteiger partial charge in [0, 0.05) is 44.4 Å². The van der Waals surface area contributed by atoms with E-state index >= 15 is 0 Å². The normalized spacial score (nSPS) is 10.5. The van der Waals surface area contributed by atoms with Gasteiger partial charge in [0.15, 0.2) is 5.75 Å². The maximum Gasteiger partial charge on any atom is 0.310 e. The first-order valence-electron chi connectivity index (χ1n) is 6.69. The van der Waals surface area contributed by atoms with E-state index in [1.807, 2.05) is 13.8 Å². The molecule has 0 spiro atoms. The Kier molecular flexibility index (Phi) is 6.10. The van der Waals surface area contributed by atoms with Crippen LogP contribution >= 0.6 is 0 Å². The number of rotatable bonds is 7. The minimum Gasteiger partial charge on any atom is -0.485 e. The first kappa shape index (κ1) is 16.9. The van der Waals surface area contributed by atoms with Gasteiger partial charge in [-0.1, -0.05) is 13.8 Å². The van der Waals surface area contributed by atoms with Crippen LogP contribution in [-0.4, -0.2) is 49.0 Å². The molecule has 0 saturated heterocycles. The Morgan fingerprint density at radius 3 is 2.62 bits per heavy atom. The van der Waals surface area contributed by atoms with Crippen LogP contribution in [0.5, 0.6) is 5.75 Å². The molecule has 0 aliphatic carbocycles. The van der Waals surface area contributed by atoms with Gasteiger partial charge in [-0.15, -0.1) is 0 Å². The predicted octanol–water partition coefficient (Wildman–Crippen LogP) is 1.67. The van der Waals surface area contributed by atoms with Crippen LogP contribution in [0.15, 0.2) is 18.2 Å². The Balaban J connectivity index is 2.89. The molecule has 1 aromatic rings. The molecule has 1 aromatic carbocycles. The van der Waals surface area contributed by atoms with E-state index in [1.54, 1.807) is 14.1 Å². The number of ether oxygens (including phenoxy) is 1. The molecule has 21 heavy (non-hydrogen) atoms. The fraction of sp³-hybridized carbons (Fsp3) is 0.500. The lowest BCUT2D eigenvalue weighted by Crippen LogP contribution is -2.27. The molecule has 7 nitrogen and oxygen atoms in total. The smallest absolute Gasteiger partial charge is 0.310 e. The molecule has 0 aliphatic heterocycles. The monoisotopic (exact) mass is 295 g/mol. The number of amides is 1. The van der Waals surface area contributed by atoms with E-state index in [-0.39, 0.29) is 17.3 Å². The zero-order chi connectivity index (χ0) is 16.0. The van der Waals surface area contributed by atoms with Crippen LogP contribution in [0.25, 0.3) is 0 Å². The number of hydrogen-bond acceptors (Lipinski definition) is 5. The average molecular weight is 295 g/mol. The van der Waals surface area contributed by atoms with Gasteiger partial charge < -0.3 is 15.0 Å². The van der Waals surface area contributed by atoms with E-state index in [4.69, 9.17) is 4.74 Å². The molecule has 0 heterocycles. The highest BCUT2D eigenvalue weighted by molar-refractivity contribution is 5.94. The van der Waals surface area contributed by atoms with E-state index < -0.39 is 4.92 Å². The second-order valence-electron chi connectivity index (χ2n) is 5.10. The molecule has 0 bridgehead atoms. The first-order chi connectivity index (χ1) is 9.82. The van der Waals surface area contributed by atoms with E-state index in [2.05, 4.69) is 5.32 Å². The standard InChI is InChI=1S/C14H21N3O4/c1-10(2)15-7-8-21-13-9-11(14(18)16(3)4)5-6-12(13)17(19)20/h5-6,9-10,15H,7-8H2,1-4H3. The number of benzene rings is 1. The van der Waals surface area contributed by atoms with E-state index in [1.165, 1.54) is 23.1 Å². The molecule has 1 N–H and O–H groups in total. The summed E-state index contributed by atoms with van der Waals surface area (Å²) < 4.78 is 5.44. The summed E-state index contributed by atoms with van der Waals surface area (Å²) in [6.45, 7) is 4.86. The second-order valence-corrected chi connectivity index (χ2v) is 5.10. The summed E-state index contributed by atoms with van der Waals surface area (Å²) >= 11 is 0. The molecule has 0 fully saturated rings. The molecule has 1 amide bonds. The van der Waals surface area contributed by atoms with E-state index in [0.717, 1.165) is 0 Å². The highest BCUT2D eigenvalue weighted by atomic mass is 16.6. The van der Waals surface area contributed by atoms with Crippen molar-refractivity contribution in [3.63, 3.8) is 0 Å². The maximum atomic E-state index is 11.9. The molecule has 0 atom stereocenters. The summed E-state index contributed by atoms with van der Waals surface area (Å²) in [5.41, 5.74) is 0.215. The Labute approximate surface area is 124 Å². The van der Waals surface area contributed by atoms with Crippen LogP contribution < -0.4 is 10.1 Å². The largest absolute Gasteiger partial charge is 0.485 e. The molecule has 0 aromatic heterocycles. The number of hydrogen-bond donors (Lipinski definition) is 1. The number of nitro groups is 1. The summed E-state index contributed by atoms with van der Waals surface area (Å²) in [4.78, 5) is 23.8. The van der Waals surface area contributed by atoms with Crippen LogP contribution in [0, 0.1) is 10.1 Å². The third kappa shape index (κ3) is 5.03. The van der Waals surface area contributed by atoms with Gasteiger partial charge in [-0.05, 0) is 6.07 Å². The molecule has 7 heteroatoms. The van der Waals surface area contributed by atoms with E-state index in [9.17, 15) is 14.9 Å². The molecule has 0 aliphatic rings. The molecule has 0 saturated carbocycles. The van der Waals surface area contributed by atoms with Gasteiger partial charge in [-0.25, -0.2) is 0 Å². The minimum absolute atomic E-state index is 0.109. The van der Waals surface area contributed by atoms with Crippen molar-refractivity contribution in [3.8, 4) is 5.75 Å². The van der Waals surface area contributed by atoms with Crippen molar-refractivity contribution in [2.45, 2.75) is 19.9 Å². The Morgan fingerprint density at radius 1 is 1.43 bits per heavy atom. The fourth-order valence-electron chi connectivity index (χ4n) is 1.68.